The van der Waals surface area contributed by atoms with E-state index in [4.69, 9.17) is 4.74 Å². The van der Waals surface area contributed by atoms with E-state index in [0.29, 0.717) is 0 Å². The average molecular weight is 267 g/mol. The number of fused-ring (bicyclic) bond motifs is 1. The number of anilines is 1. The van der Waals surface area contributed by atoms with Crippen LogP contribution in [-0.4, -0.2) is 13.7 Å². The first-order chi connectivity index (χ1) is 9.76. The van der Waals surface area contributed by atoms with Crippen LogP contribution in [0.25, 0.3) is 0 Å². The van der Waals surface area contributed by atoms with Gasteiger partial charge in [-0.25, -0.2) is 0 Å². The minimum atomic E-state index is 0.934. The molecular formula is C18H21NO. The molecule has 1 aliphatic rings. The molecule has 0 amide bonds. The van der Waals surface area contributed by atoms with Gasteiger partial charge in [0.15, 0.2) is 0 Å². The number of nitrogens with zero attached hydrogens (tertiary/aromatic N) is 1. The maximum Gasteiger partial charge on any atom is 0.119 e. The topological polar surface area (TPSA) is 12.5 Å². The predicted octanol–water partition coefficient (Wildman–Crippen LogP) is 3.96. The van der Waals surface area contributed by atoms with Gasteiger partial charge in [-0.05, 0) is 49.1 Å². The van der Waals surface area contributed by atoms with Crippen molar-refractivity contribution in [3.63, 3.8) is 0 Å². The summed E-state index contributed by atoms with van der Waals surface area (Å²) in [7, 11) is 1.72. The van der Waals surface area contributed by atoms with Crippen molar-refractivity contribution < 1.29 is 4.74 Å². The first-order valence-electron chi connectivity index (χ1n) is 7.23. The summed E-state index contributed by atoms with van der Waals surface area (Å²) in [6.07, 6.45) is 2.44. The molecule has 0 aliphatic carbocycles. The molecule has 20 heavy (non-hydrogen) atoms. The minimum Gasteiger partial charge on any atom is -0.497 e. The van der Waals surface area contributed by atoms with Gasteiger partial charge >= 0.3 is 0 Å². The molecule has 3 rings (SSSR count). The van der Waals surface area contributed by atoms with Gasteiger partial charge in [-0.2, -0.15) is 0 Å². The lowest BCUT2D eigenvalue weighted by Gasteiger charge is -2.31. The van der Waals surface area contributed by atoms with Crippen molar-refractivity contribution in [2.75, 3.05) is 18.6 Å². The van der Waals surface area contributed by atoms with Gasteiger partial charge in [-0.3, -0.25) is 0 Å². The molecule has 0 saturated carbocycles. The molecule has 104 valence electrons. The predicted molar refractivity (Wildman–Crippen MR) is 83.5 cm³/mol. The number of hydrogen-bond acceptors (Lipinski definition) is 2. The Bertz CT molecular complexity index is 606. The van der Waals surface area contributed by atoms with Crippen LogP contribution < -0.4 is 9.64 Å². The van der Waals surface area contributed by atoms with Crippen LogP contribution >= 0.6 is 0 Å². The van der Waals surface area contributed by atoms with Gasteiger partial charge in [0, 0.05) is 18.8 Å². The summed E-state index contributed by atoms with van der Waals surface area (Å²) in [5.74, 6) is 0.934. The Balaban J connectivity index is 1.85. The van der Waals surface area contributed by atoms with Crippen LogP contribution in [0.2, 0.25) is 0 Å². The summed E-state index contributed by atoms with van der Waals surface area (Å²) in [6.45, 7) is 4.25. The summed E-state index contributed by atoms with van der Waals surface area (Å²) in [5, 5.41) is 0. The van der Waals surface area contributed by atoms with E-state index < -0.39 is 0 Å². The molecule has 0 radical (unpaired) electrons. The highest BCUT2D eigenvalue weighted by atomic mass is 16.5. The fourth-order valence-corrected chi connectivity index (χ4v) is 2.96. The number of aryl methyl sites for hydroxylation is 2. The van der Waals surface area contributed by atoms with E-state index in [1.807, 2.05) is 6.07 Å². The number of ether oxygens (including phenoxy) is 1. The van der Waals surface area contributed by atoms with Crippen molar-refractivity contribution in [1.82, 2.24) is 0 Å². The van der Waals surface area contributed by atoms with Crippen LogP contribution in [0.5, 0.6) is 5.75 Å². The normalized spacial score (nSPS) is 14.0. The molecule has 0 saturated heterocycles. The fourth-order valence-electron chi connectivity index (χ4n) is 2.96. The molecule has 2 heteroatoms. The monoisotopic (exact) mass is 267 g/mol. The molecular weight excluding hydrogens is 246 g/mol. The van der Waals surface area contributed by atoms with Crippen LogP contribution in [0.1, 0.15) is 23.1 Å². The Morgan fingerprint density at radius 3 is 2.90 bits per heavy atom. The van der Waals surface area contributed by atoms with Crippen molar-refractivity contribution >= 4 is 5.69 Å². The van der Waals surface area contributed by atoms with Gasteiger partial charge in [0.1, 0.15) is 5.75 Å². The molecule has 2 nitrogen and oxygen atoms in total. The zero-order valence-electron chi connectivity index (χ0n) is 12.2. The van der Waals surface area contributed by atoms with Crippen molar-refractivity contribution in [3.05, 3.63) is 59.2 Å². The quantitative estimate of drug-likeness (QED) is 0.834. The molecule has 0 fully saturated rings. The first kappa shape index (κ1) is 13.0. The summed E-state index contributed by atoms with van der Waals surface area (Å²) < 4.78 is 5.31. The zero-order valence-corrected chi connectivity index (χ0v) is 12.2. The third kappa shape index (κ3) is 2.64. The van der Waals surface area contributed by atoms with Gasteiger partial charge in [-0.1, -0.05) is 29.8 Å². The second-order valence-electron chi connectivity index (χ2n) is 5.51. The number of rotatable bonds is 3. The van der Waals surface area contributed by atoms with E-state index in [1.54, 1.807) is 7.11 Å². The summed E-state index contributed by atoms with van der Waals surface area (Å²) in [6, 6.07) is 15.2. The summed E-state index contributed by atoms with van der Waals surface area (Å²) in [4.78, 5) is 2.48. The van der Waals surface area contributed by atoms with Crippen LogP contribution in [0, 0.1) is 6.92 Å². The van der Waals surface area contributed by atoms with Crippen molar-refractivity contribution in [2.45, 2.75) is 26.3 Å². The number of hydrogen-bond donors (Lipinski definition) is 0. The van der Waals surface area contributed by atoms with E-state index >= 15 is 0 Å². The zero-order chi connectivity index (χ0) is 13.9. The molecule has 1 heterocycles. The summed E-state index contributed by atoms with van der Waals surface area (Å²) >= 11 is 0. The molecule has 0 spiro atoms. The fraction of sp³-hybridized carbons (Fsp3) is 0.333. The molecule has 2 aromatic rings. The molecule has 0 aromatic heterocycles. The lowest BCUT2D eigenvalue weighted by Crippen LogP contribution is -2.28. The third-order valence-corrected chi connectivity index (χ3v) is 3.96. The van der Waals surface area contributed by atoms with Crippen LogP contribution in [0.4, 0.5) is 5.69 Å². The lowest BCUT2D eigenvalue weighted by molar-refractivity contribution is 0.414. The van der Waals surface area contributed by atoms with E-state index in [2.05, 4.69) is 48.2 Å². The highest BCUT2D eigenvalue weighted by molar-refractivity contribution is 5.57. The standard InChI is InChI=1S/C18H21NO/c1-14-8-9-18-16(11-14)6-4-10-19(18)13-15-5-3-7-17(12-15)20-2/h3,5,7-9,11-12H,4,6,10,13H2,1-2H3. The molecule has 1 aliphatic heterocycles. The summed E-state index contributed by atoms with van der Waals surface area (Å²) in [5.41, 5.74) is 5.54. The molecule has 2 aromatic carbocycles. The van der Waals surface area contributed by atoms with Gasteiger partial charge < -0.3 is 9.64 Å². The highest BCUT2D eigenvalue weighted by Gasteiger charge is 2.16. The van der Waals surface area contributed by atoms with E-state index in [-0.39, 0.29) is 0 Å². The van der Waals surface area contributed by atoms with E-state index in [0.717, 1.165) is 18.8 Å². The van der Waals surface area contributed by atoms with Gasteiger partial charge in [-0.15, -0.1) is 0 Å². The SMILES string of the molecule is COc1cccc(CN2CCCc3cc(C)ccc32)c1. The molecule has 0 N–H and O–H groups in total. The van der Waals surface area contributed by atoms with Crippen LogP contribution in [-0.2, 0) is 13.0 Å². The Hall–Kier alpha value is -1.96. The van der Waals surface area contributed by atoms with Gasteiger partial charge in [0.2, 0.25) is 0 Å². The second kappa shape index (κ2) is 5.58. The minimum absolute atomic E-state index is 0.934. The average Bonchev–Trinajstić information content (AvgIpc) is 2.47. The van der Waals surface area contributed by atoms with Crippen molar-refractivity contribution in [1.29, 1.82) is 0 Å². The largest absolute Gasteiger partial charge is 0.497 e. The number of benzene rings is 2. The maximum absolute atomic E-state index is 5.31. The van der Waals surface area contributed by atoms with Crippen molar-refractivity contribution in [2.24, 2.45) is 0 Å². The first-order valence-corrected chi connectivity index (χ1v) is 7.23. The second-order valence-corrected chi connectivity index (χ2v) is 5.51. The number of methoxy groups -OCH3 is 1. The maximum atomic E-state index is 5.31. The van der Waals surface area contributed by atoms with E-state index in [9.17, 15) is 0 Å². The van der Waals surface area contributed by atoms with Gasteiger partial charge in [0.05, 0.1) is 7.11 Å². The lowest BCUT2D eigenvalue weighted by atomic mass is 9.99. The smallest absolute Gasteiger partial charge is 0.119 e. The third-order valence-electron chi connectivity index (χ3n) is 3.96. The molecule has 0 atom stereocenters. The Morgan fingerprint density at radius 1 is 1.15 bits per heavy atom. The Kier molecular flexibility index (Phi) is 3.64. The van der Waals surface area contributed by atoms with Gasteiger partial charge in [0.25, 0.3) is 0 Å². The molecule has 0 unspecified atom stereocenters. The Morgan fingerprint density at radius 2 is 2.05 bits per heavy atom. The van der Waals surface area contributed by atoms with Crippen LogP contribution in [0.3, 0.4) is 0 Å². The molecule has 0 bridgehead atoms. The van der Waals surface area contributed by atoms with E-state index in [1.165, 1.54) is 35.2 Å². The van der Waals surface area contributed by atoms with Crippen LogP contribution in [0.15, 0.2) is 42.5 Å². The van der Waals surface area contributed by atoms with Crippen molar-refractivity contribution in [3.8, 4) is 5.75 Å². The Labute approximate surface area is 121 Å². The highest BCUT2D eigenvalue weighted by Crippen LogP contribution is 2.29.